The average molecular weight is 423 g/mol. The lowest BCUT2D eigenvalue weighted by molar-refractivity contribution is 0.102. The lowest BCUT2D eigenvalue weighted by Gasteiger charge is -2.19. The van der Waals surface area contributed by atoms with Gasteiger partial charge in [0.05, 0.1) is 17.2 Å². The van der Waals surface area contributed by atoms with Crippen molar-refractivity contribution in [3.05, 3.63) is 83.9 Å². The van der Waals surface area contributed by atoms with Crippen molar-refractivity contribution in [2.75, 3.05) is 22.8 Å². The minimum absolute atomic E-state index is 0.161. The number of nitrogens with one attached hydrogen (secondary N) is 1. The Kier molecular flexibility index (Phi) is 5.46. The number of nitrogens with zero attached hydrogens (tertiary/aromatic N) is 1. The van der Waals surface area contributed by atoms with Gasteiger partial charge in [0.1, 0.15) is 5.75 Å². The molecule has 6 nitrogen and oxygen atoms in total. The van der Waals surface area contributed by atoms with E-state index in [2.05, 4.69) is 5.32 Å². The highest BCUT2D eigenvalue weighted by Crippen LogP contribution is 2.32. The molecule has 30 heavy (non-hydrogen) atoms. The van der Waals surface area contributed by atoms with Gasteiger partial charge in [0.2, 0.25) is 0 Å². The van der Waals surface area contributed by atoms with Crippen molar-refractivity contribution < 1.29 is 17.9 Å². The Bertz CT molecular complexity index is 1170. The summed E-state index contributed by atoms with van der Waals surface area (Å²) in [5.74, 6) is 0.349. The molecule has 0 spiro atoms. The standard InChI is InChI=1S/C23H22N2O4S/c1-2-29-20-8-5-7-19(16-20)24-23(26)18-10-12-21(13-11-18)30(27,28)25-15-14-17-6-3-4-9-22(17)25/h3-13,16H,2,14-15H2,1H3,(H,24,26). The Balaban J connectivity index is 1.51. The molecular weight excluding hydrogens is 400 g/mol. The van der Waals surface area contributed by atoms with Gasteiger partial charge in [-0.15, -0.1) is 0 Å². The fraction of sp³-hybridized carbons (Fsp3) is 0.174. The normalized spacial score (nSPS) is 13.0. The van der Waals surface area contributed by atoms with Gasteiger partial charge in [-0.1, -0.05) is 24.3 Å². The highest BCUT2D eigenvalue weighted by Gasteiger charge is 2.30. The quantitative estimate of drug-likeness (QED) is 0.649. The lowest BCUT2D eigenvalue weighted by Crippen LogP contribution is -2.29. The Morgan fingerprint density at radius 3 is 2.57 bits per heavy atom. The molecule has 7 heteroatoms. The first-order valence-electron chi connectivity index (χ1n) is 9.74. The largest absolute Gasteiger partial charge is 0.494 e. The molecule has 1 amide bonds. The van der Waals surface area contributed by atoms with E-state index < -0.39 is 10.0 Å². The van der Waals surface area contributed by atoms with Crippen molar-refractivity contribution >= 4 is 27.3 Å². The van der Waals surface area contributed by atoms with Crippen molar-refractivity contribution in [3.8, 4) is 5.75 Å². The van der Waals surface area contributed by atoms with E-state index in [1.807, 2.05) is 37.3 Å². The van der Waals surface area contributed by atoms with Crippen LogP contribution >= 0.6 is 0 Å². The van der Waals surface area contributed by atoms with Crippen LogP contribution in [0.5, 0.6) is 5.75 Å². The third-order valence-electron chi connectivity index (χ3n) is 4.95. The van der Waals surface area contributed by atoms with Gasteiger partial charge < -0.3 is 10.1 Å². The smallest absolute Gasteiger partial charge is 0.264 e. The molecule has 0 bridgehead atoms. The minimum Gasteiger partial charge on any atom is -0.494 e. The Morgan fingerprint density at radius 1 is 1.03 bits per heavy atom. The van der Waals surface area contributed by atoms with Gasteiger partial charge >= 0.3 is 0 Å². The number of para-hydroxylation sites is 1. The molecule has 0 radical (unpaired) electrons. The van der Waals surface area contributed by atoms with Gasteiger partial charge in [0.15, 0.2) is 0 Å². The van der Waals surface area contributed by atoms with Gasteiger partial charge in [-0.05, 0) is 61.4 Å². The first-order chi connectivity index (χ1) is 14.5. The third kappa shape index (κ3) is 3.89. The van der Waals surface area contributed by atoms with Crippen LogP contribution in [0, 0.1) is 0 Å². The summed E-state index contributed by atoms with van der Waals surface area (Å²) >= 11 is 0. The summed E-state index contributed by atoms with van der Waals surface area (Å²) in [6.07, 6.45) is 0.691. The molecule has 0 fully saturated rings. The molecule has 1 heterocycles. The second-order valence-electron chi connectivity index (χ2n) is 6.90. The maximum absolute atomic E-state index is 13.1. The Morgan fingerprint density at radius 2 is 1.80 bits per heavy atom. The van der Waals surface area contributed by atoms with Crippen molar-refractivity contribution in [3.63, 3.8) is 0 Å². The predicted molar refractivity (Wildman–Crippen MR) is 117 cm³/mol. The van der Waals surface area contributed by atoms with E-state index in [0.717, 1.165) is 5.56 Å². The van der Waals surface area contributed by atoms with Crippen LogP contribution in [0.4, 0.5) is 11.4 Å². The first kappa shape index (κ1) is 20.0. The Hall–Kier alpha value is -3.32. The molecule has 0 aliphatic carbocycles. The number of carbonyl (C=O) groups excluding carboxylic acids is 1. The van der Waals surface area contributed by atoms with Crippen molar-refractivity contribution in [1.29, 1.82) is 0 Å². The van der Waals surface area contributed by atoms with Crippen LogP contribution in [0.25, 0.3) is 0 Å². The van der Waals surface area contributed by atoms with E-state index in [-0.39, 0.29) is 10.8 Å². The summed E-state index contributed by atoms with van der Waals surface area (Å²) in [6, 6.07) is 20.6. The number of anilines is 2. The summed E-state index contributed by atoms with van der Waals surface area (Å²) < 4.78 is 33.0. The summed E-state index contributed by atoms with van der Waals surface area (Å²) in [4.78, 5) is 12.7. The van der Waals surface area contributed by atoms with Crippen LogP contribution in [0.1, 0.15) is 22.8 Å². The van der Waals surface area contributed by atoms with Crippen LogP contribution < -0.4 is 14.4 Å². The second kappa shape index (κ2) is 8.20. The monoisotopic (exact) mass is 422 g/mol. The van der Waals surface area contributed by atoms with Crippen LogP contribution in [0.2, 0.25) is 0 Å². The van der Waals surface area contributed by atoms with Crippen molar-refractivity contribution in [1.82, 2.24) is 0 Å². The van der Waals surface area contributed by atoms with Gasteiger partial charge in [-0.3, -0.25) is 9.10 Å². The van der Waals surface area contributed by atoms with Crippen molar-refractivity contribution in [2.45, 2.75) is 18.2 Å². The van der Waals surface area contributed by atoms with Crippen molar-refractivity contribution in [2.24, 2.45) is 0 Å². The van der Waals surface area contributed by atoms with E-state index in [1.54, 1.807) is 18.2 Å². The number of rotatable bonds is 6. The molecule has 1 aliphatic heterocycles. The molecule has 1 aliphatic rings. The number of hydrogen-bond acceptors (Lipinski definition) is 4. The van der Waals surface area contributed by atoms with E-state index in [1.165, 1.54) is 28.6 Å². The number of carbonyl (C=O) groups is 1. The Labute approximate surface area is 176 Å². The van der Waals surface area contributed by atoms with E-state index in [0.29, 0.717) is 42.3 Å². The molecule has 1 N–H and O–H groups in total. The number of fused-ring (bicyclic) bond motifs is 1. The van der Waals surface area contributed by atoms with Gasteiger partial charge in [-0.2, -0.15) is 0 Å². The molecule has 0 aromatic heterocycles. The molecular formula is C23H22N2O4S. The summed E-state index contributed by atoms with van der Waals surface area (Å²) in [7, 11) is -3.68. The number of ether oxygens (including phenoxy) is 1. The zero-order valence-corrected chi connectivity index (χ0v) is 17.4. The van der Waals surface area contributed by atoms with E-state index in [4.69, 9.17) is 4.74 Å². The van der Waals surface area contributed by atoms with Crippen LogP contribution in [-0.4, -0.2) is 27.5 Å². The third-order valence-corrected chi connectivity index (χ3v) is 6.78. The maximum Gasteiger partial charge on any atom is 0.264 e. The van der Waals surface area contributed by atoms with Gasteiger partial charge in [0.25, 0.3) is 15.9 Å². The SMILES string of the molecule is CCOc1cccc(NC(=O)c2ccc(S(=O)(=O)N3CCc4ccccc43)cc2)c1. The predicted octanol–water partition coefficient (Wildman–Crippen LogP) is 4.09. The number of benzene rings is 3. The van der Waals surface area contributed by atoms with Crippen LogP contribution in [0.3, 0.4) is 0 Å². The van der Waals surface area contributed by atoms with Crippen LogP contribution in [-0.2, 0) is 16.4 Å². The highest BCUT2D eigenvalue weighted by atomic mass is 32.2. The number of hydrogen-bond donors (Lipinski definition) is 1. The molecule has 154 valence electrons. The van der Waals surface area contributed by atoms with E-state index in [9.17, 15) is 13.2 Å². The fourth-order valence-electron chi connectivity index (χ4n) is 3.50. The van der Waals surface area contributed by atoms with Crippen LogP contribution in [0.15, 0.2) is 77.7 Å². The topological polar surface area (TPSA) is 75.7 Å². The molecule has 0 saturated carbocycles. The zero-order valence-electron chi connectivity index (χ0n) is 16.5. The number of sulfonamides is 1. The minimum atomic E-state index is -3.68. The number of amides is 1. The molecule has 0 atom stereocenters. The van der Waals surface area contributed by atoms with Gasteiger partial charge in [-0.25, -0.2) is 8.42 Å². The summed E-state index contributed by atoms with van der Waals surface area (Å²) in [5.41, 5.74) is 2.72. The molecule has 0 unspecified atom stereocenters. The summed E-state index contributed by atoms with van der Waals surface area (Å²) in [5, 5.41) is 2.80. The summed E-state index contributed by atoms with van der Waals surface area (Å²) in [6.45, 7) is 2.84. The molecule has 4 rings (SSSR count). The second-order valence-corrected chi connectivity index (χ2v) is 8.76. The zero-order chi connectivity index (χ0) is 21.1. The lowest BCUT2D eigenvalue weighted by atomic mass is 10.2. The average Bonchev–Trinajstić information content (AvgIpc) is 3.19. The molecule has 3 aromatic carbocycles. The molecule has 0 saturated heterocycles. The molecule has 3 aromatic rings. The van der Waals surface area contributed by atoms with Gasteiger partial charge in [0, 0.05) is 23.9 Å². The fourth-order valence-corrected chi connectivity index (χ4v) is 5.00. The first-order valence-corrected chi connectivity index (χ1v) is 11.2. The van der Waals surface area contributed by atoms with E-state index >= 15 is 0 Å². The maximum atomic E-state index is 13.1. The highest BCUT2D eigenvalue weighted by molar-refractivity contribution is 7.92.